The van der Waals surface area contributed by atoms with Gasteiger partial charge in [-0.15, -0.1) is 0 Å². The van der Waals surface area contributed by atoms with Gasteiger partial charge in [0.15, 0.2) is 5.52 Å². The van der Waals surface area contributed by atoms with Gasteiger partial charge in [-0.3, -0.25) is 4.98 Å². The summed E-state index contributed by atoms with van der Waals surface area (Å²) in [6.45, 7) is 1.67. The minimum absolute atomic E-state index is 0.535. The zero-order valence-corrected chi connectivity index (χ0v) is 14.2. The molecule has 0 spiro atoms. The number of fused-ring (bicyclic) bond motifs is 3. The van der Waals surface area contributed by atoms with Crippen LogP contribution in [-0.4, -0.2) is 9.97 Å². The molecule has 6 heteroatoms. The highest BCUT2D eigenvalue weighted by molar-refractivity contribution is 6.05. The first-order chi connectivity index (χ1) is 12.3. The molecule has 0 aliphatic carbocycles. The van der Waals surface area contributed by atoms with Gasteiger partial charge in [0.25, 0.3) is 0 Å². The lowest BCUT2D eigenvalue weighted by Gasteiger charge is -2.10. The summed E-state index contributed by atoms with van der Waals surface area (Å²) in [5.74, 6) is 0.622. The number of aromatic nitrogens is 3. The molecule has 4 aromatic rings. The molecule has 0 aliphatic rings. The van der Waals surface area contributed by atoms with Gasteiger partial charge >= 0.3 is 12.0 Å². The maximum atomic E-state index is 12.9. The van der Waals surface area contributed by atoms with Gasteiger partial charge in [0.2, 0.25) is 0 Å². The summed E-state index contributed by atoms with van der Waals surface area (Å²) < 4.78 is 40.6. The van der Waals surface area contributed by atoms with Crippen LogP contribution >= 0.6 is 0 Å². The second-order valence-electron chi connectivity index (χ2n) is 6.30. The molecule has 0 atom stereocenters. The van der Waals surface area contributed by atoms with Crippen LogP contribution in [0.4, 0.5) is 13.2 Å². The predicted molar refractivity (Wildman–Crippen MR) is 93.4 cm³/mol. The molecule has 2 heterocycles. The Morgan fingerprint density at radius 2 is 1.81 bits per heavy atom. The van der Waals surface area contributed by atoms with E-state index >= 15 is 0 Å². The molecule has 0 saturated carbocycles. The molecular weight excluding hydrogens is 339 g/mol. The standard InChI is InChI=1S/C20H15F3N3/c1-12-9-14(20(21,22)23)4-5-15(12)19-25-18-6-3-13-10-24-8-7-16(13)17(18)11-26(19)2/h3-11H,1-2H3/q+1. The highest BCUT2D eigenvalue weighted by Crippen LogP contribution is 2.32. The first kappa shape index (κ1) is 16.4. The summed E-state index contributed by atoms with van der Waals surface area (Å²) in [7, 11) is 1.85. The summed E-state index contributed by atoms with van der Waals surface area (Å²) >= 11 is 0. The summed E-state index contributed by atoms with van der Waals surface area (Å²) in [5, 5.41) is 3.03. The number of hydrogen-bond acceptors (Lipinski definition) is 2. The van der Waals surface area contributed by atoms with Gasteiger partial charge in [0, 0.05) is 23.2 Å². The zero-order valence-electron chi connectivity index (χ0n) is 14.2. The van der Waals surface area contributed by atoms with E-state index in [1.165, 1.54) is 6.07 Å². The second-order valence-corrected chi connectivity index (χ2v) is 6.30. The average Bonchev–Trinajstić information content (AvgIpc) is 2.60. The number of benzene rings is 2. The van der Waals surface area contributed by atoms with Crippen LogP contribution < -0.4 is 4.57 Å². The first-order valence-electron chi connectivity index (χ1n) is 8.06. The SMILES string of the molecule is Cc1cc(C(F)(F)F)ccc1-c1nc2ccc3cnccc3c2c[n+]1C. The highest BCUT2D eigenvalue weighted by atomic mass is 19.4. The molecule has 130 valence electrons. The molecule has 0 saturated heterocycles. The smallest absolute Gasteiger partial charge is 0.264 e. The van der Waals surface area contributed by atoms with Crippen molar-refractivity contribution in [1.82, 2.24) is 9.97 Å². The van der Waals surface area contributed by atoms with E-state index in [0.29, 0.717) is 17.0 Å². The lowest BCUT2D eigenvalue weighted by molar-refractivity contribution is -0.661. The Morgan fingerprint density at radius 1 is 1.00 bits per heavy atom. The Morgan fingerprint density at radius 3 is 2.54 bits per heavy atom. The van der Waals surface area contributed by atoms with Crippen molar-refractivity contribution in [3.8, 4) is 11.4 Å². The van der Waals surface area contributed by atoms with Crippen molar-refractivity contribution in [2.24, 2.45) is 7.05 Å². The summed E-state index contributed by atoms with van der Waals surface area (Å²) in [6.07, 6.45) is 1.13. The van der Waals surface area contributed by atoms with Crippen LogP contribution in [0.3, 0.4) is 0 Å². The van der Waals surface area contributed by atoms with Crippen molar-refractivity contribution in [3.05, 3.63) is 66.1 Å². The molecule has 2 aromatic carbocycles. The summed E-state index contributed by atoms with van der Waals surface area (Å²) in [6, 6.07) is 9.52. The van der Waals surface area contributed by atoms with Gasteiger partial charge in [-0.2, -0.15) is 13.2 Å². The van der Waals surface area contributed by atoms with Crippen molar-refractivity contribution in [2.75, 3.05) is 0 Å². The number of pyridine rings is 1. The molecule has 4 rings (SSSR count). The third-order valence-corrected chi connectivity index (χ3v) is 4.52. The van der Waals surface area contributed by atoms with E-state index in [1.807, 2.05) is 36.0 Å². The fraction of sp³-hybridized carbons (Fsp3) is 0.150. The number of rotatable bonds is 1. The number of halogens is 3. The lowest BCUT2D eigenvalue weighted by Crippen LogP contribution is -2.32. The van der Waals surface area contributed by atoms with Gasteiger partial charge in [-0.1, -0.05) is 0 Å². The van der Waals surface area contributed by atoms with Crippen LogP contribution in [0.15, 0.2) is 55.0 Å². The maximum absolute atomic E-state index is 12.9. The van der Waals surface area contributed by atoms with Crippen LogP contribution in [0.2, 0.25) is 0 Å². The molecule has 0 aliphatic heterocycles. The Labute approximate surface area is 147 Å². The Kier molecular flexibility index (Phi) is 3.64. The summed E-state index contributed by atoms with van der Waals surface area (Å²) in [5.41, 5.74) is 1.35. The van der Waals surface area contributed by atoms with Gasteiger partial charge < -0.3 is 0 Å². The zero-order chi connectivity index (χ0) is 18.5. The normalized spacial score (nSPS) is 12.0. The number of alkyl halides is 3. The molecule has 0 unspecified atom stereocenters. The van der Waals surface area contributed by atoms with Crippen molar-refractivity contribution in [1.29, 1.82) is 0 Å². The Hall–Kier alpha value is -3.02. The number of nitrogens with zero attached hydrogens (tertiary/aromatic N) is 3. The minimum atomic E-state index is -4.35. The van der Waals surface area contributed by atoms with Crippen LogP contribution in [0.25, 0.3) is 33.1 Å². The number of aryl methyl sites for hydroxylation is 2. The van der Waals surface area contributed by atoms with Crippen LogP contribution in [0.5, 0.6) is 0 Å². The van der Waals surface area contributed by atoms with Crippen molar-refractivity contribution in [2.45, 2.75) is 13.1 Å². The molecule has 0 radical (unpaired) electrons. The molecule has 2 aromatic heterocycles. The topological polar surface area (TPSA) is 29.7 Å². The van der Waals surface area contributed by atoms with Gasteiger partial charge in [0.1, 0.15) is 6.20 Å². The van der Waals surface area contributed by atoms with Gasteiger partial charge in [-0.05, 0) is 53.9 Å². The summed E-state index contributed by atoms with van der Waals surface area (Å²) in [4.78, 5) is 8.84. The van der Waals surface area contributed by atoms with E-state index in [9.17, 15) is 13.2 Å². The largest absolute Gasteiger partial charge is 0.416 e. The molecular formula is C20H15F3N3+. The maximum Gasteiger partial charge on any atom is 0.416 e. The van der Waals surface area contributed by atoms with Crippen LogP contribution in [-0.2, 0) is 13.2 Å². The van der Waals surface area contributed by atoms with Crippen molar-refractivity contribution < 1.29 is 17.7 Å². The quantitative estimate of drug-likeness (QED) is 0.369. The van der Waals surface area contributed by atoms with E-state index in [2.05, 4.69) is 4.98 Å². The molecule has 0 fully saturated rings. The van der Waals surface area contributed by atoms with E-state index in [1.54, 1.807) is 19.3 Å². The van der Waals surface area contributed by atoms with E-state index < -0.39 is 11.7 Å². The average molecular weight is 354 g/mol. The Bertz CT molecular complexity index is 1150. The molecule has 0 N–H and O–H groups in total. The number of hydrogen-bond donors (Lipinski definition) is 0. The van der Waals surface area contributed by atoms with Crippen LogP contribution in [0, 0.1) is 6.92 Å². The third-order valence-electron chi connectivity index (χ3n) is 4.52. The van der Waals surface area contributed by atoms with Gasteiger partial charge in [0.05, 0.1) is 23.6 Å². The third kappa shape index (κ3) is 2.67. The minimum Gasteiger partial charge on any atom is -0.264 e. The molecule has 26 heavy (non-hydrogen) atoms. The highest BCUT2D eigenvalue weighted by Gasteiger charge is 2.31. The van der Waals surface area contributed by atoms with E-state index in [-0.39, 0.29) is 0 Å². The second kappa shape index (κ2) is 5.76. The van der Waals surface area contributed by atoms with Crippen molar-refractivity contribution in [3.63, 3.8) is 0 Å². The van der Waals surface area contributed by atoms with Crippen molar-refractivity contribution >= 4 is 21.7 Å². The molecule has 3 nitrogen and oxygen atoms in total. The molecule has 0 amide bonds. The lowest BCUT2D eigenvalue weighted by atomic mass is 10.0. The van der Waals surface area contributed by atoms with Crippen LogP contribution in [0.1, 0.15) is 11.1 Å². The van der Waals surface area contributed by atoms with E-state index in [0.717, 1.165) is 33.8 Å². The fourth-order valence-electron chi connectivity index (χ4n) is 3.20. The monoisotopic (exact) mass is 354 g/mol. The Balaban J connectivity index is 1.93. The van der Waals surface area contributed by atoms with E-state index in [4.69, 9.17) is 4.98 Å². The first-order valence-corrected chi connectivity index (χ1v) is 8.06. The van der Waals surface area contributed by atoms with Gasteiger partial charge in [-0.25, -0.2) is 4.57 Å². The molecule has 0 bridgehead atoms. The fourth-order valence-corrected chi connectivity index (χ4v) is 3.20. The predicted octanol–water partition coefficient (Wildman–Crippen LogP) is 4.60.